The lowest BCUT2D eigenvalue weighted by molar-refractivity contribution is 0.326. The van der Waals surface area contributed by atoms with Crippen LogP contribution in [-0.4, -0.2) is 47.1 Å². The highest BCUT2D eigenvalue weighted by Gasteiger charge is 2.36. The molecule has 1 aromatic carbocycles. The summed E-state index contributed by atoms with van der Waals surface area (Å²) in [6.45, 7) is 3.19. The van der Waals surface area contributed by atoms with Crippen LogP contribution in [0.1, 0.15) is 44.2 Å². The Bertz CT molecular complexity index is 1210. The van der Waals surface area contributed by atoms with Crippen LogP contribution in [0.2, 0.25) is 0 Å². The van der Waals surface area contributed by atoms with Crippen molar-refractivity contribution in [3.8, 4) is 11.1 Å². The van der Waals surface area contributed by atoms with Crippen molar-refractivity contribution in [3.63, 3.8) is 0 Å². The maximum absolute atomic E-state index is 12.9. The average molecular weight is 451 g/mol. The van der Waals surface area contributed by atoms with Gasteiger partial charge >= 0.3 is 0 Å². The molecule has 32 heavy (non-hydrogen) atoms. The van der Waals surface area contributed by atoms with Gasteiger partial charge in [0.05, 0.1) is 5.25 Å². The van der Waals surface area contributed by atoms with Crippen molar-refractivity contribution in [2.75, 3.05) is 18.4 Å². The first-order chi connectivity index (χ1) is 15.5. The van der Waals surface area contributed by atoms with E-state index in [9.17, 15) is 8.42 Å². The Balaban J connectivity index is 1.36. The summed E-state index contributed by atoms with van der Waals surface area (Å²) in [5.41, 5.74) is 4.31. The van der Waals surface area contributed by atoms with E-state index in [-0.39, 0.29) is 11.3 Å². The van der Waals surface area contributed by atoms with Crippen molar-refractivity contribution in [2.24, 2.45) is 0 Å². The van der Waals surface area contributed by atoms with Gasteiger partial charge in [0, 0.05) is 54.5 Å². The van der Waals surface area contributed by atoms with Gasteiger partial charge in [-0.05, 0) is 79.5 Å². The zero-order valence-corrected chi connectivity index (χ0v) is 19.3. The van der Waals surface area contributed by atoms with Crippen molar-refractivity contribution >= 4 is 26.5 Å². The Hall–Kier alpha value is -2.51. The molecule has 0 unspecified atom stereocenters. The van der Waals surface area contributed by atoms with E-state index in [4.69, 9.17) is 0 Å². The highest BCUT2D eigenvalue weighted by Crippen LogP contribution is 2.33. The number of hydrogen-bond acceptors (Lipinski definition) is 5. The second kappa shape index (κ2) is 8.79. The molecule has 3 heterocycles. The number of piperidine rings is 1. The Morgan fingerprint density at radius 2 is 1.75 bits per heavy atom. The van der Waals surface area contributed by atoms with Gasteiger partial charge in [-0.1, -0.05) is 12.8 Å². The molecule has 0 bridgehead atoms. The fraction of sp³-hybridized carbons (Fsp3) is 0.440. The van der Waals surface area contributed by atoms with Crippen LogP contribution in [0.4, 0.5) is 5.69 Å². The third kappa shape index (κ3) is 4.24. The summed E-state index contributed by atoms with van der Waals surface area (Å²) < 4.78 is 27.6. The summed E-state index contributed by atoms with van der Waals surface area (Å²) in [7, 11) is -3.15. The van der Waals surface area contributed by atoms with Crippen LogP contribution < -0.4 is 5.32 Å². The standard InChI is InChI=1S/C25H30N4O2S/c1-18-14-19(7-11-27-18)21-15-20-6-10-26-17-24(20)25(16-21)28-22-8-12-29(13-9-22)32(30,31)23-4-2-3-5-23/h6-7,10-11,14-17,22-23,28H,2-5,8-9,12-13H2,1H3. The van der Waals surface area contributed by atoms with Gasteiger partial charge in [-0.25, -0.2) is 12.7 Å². The van der Waals surface area contributed by atoms with Crippen LogP contribution in [0.25, 0.3) is 21.9 Å². The molecule has 2 aliphatic rings. The molecule has 0 radical (unpaired) electrons. The van der Waals surface area contributed by atoms with Crippen molar-refractivity contribution in [1.29, 1.82) is 0 Å². The van der Waals surface area contributed by atoms with Gasteiger partial charge < -0.3 is 5.32 Å². The fourth-order valence-corrected chi connectivity index (χ4v) is 7.15. The number of hydrogen-bond donors (Lipinski definition) is 1. The van der Waals surface area contributed by atoms with Crippen molar-refractivity contribution in [1.82, 2.24) is 14.3 Å². The van der Waals surface area contributed by atoms with E-state index in [1.807, 2.05) is 37.6 Å². The summed E-state index contributed by atoms with van der Waals surface area (Å²) >= 11 is 0. The van der Waals surface area contributed by atoms with Crippen LogP contribution in [-0.2, 0) is 10.0 Å². The molecule has 7 heteroatoms. The lowest BCUT2D eigenvalue weighted by atomic mass is 9.99. The summed E-state index contributed by atoms with van der Waals surface area (Å²) in [6, 6.07) is 10.8. The molecule has 2 fully saturated rings. The number of nitrogens with zero attached hydrogens (tertiary/aromatic N) is 3. The van der Waals surface area contributed by atoms with Crippen molar-refractivity contribution < 1.29 is 8.42 Å². The summed E-state index contributed by atoms with van der Waals surface area (Å²) in [5.74, 6) is 0. The molecule has 0 atom stereocenters. The zero-order chi connectivity index (χ0) is 22.1. The van der Waals surface area contributed by atoms with Gasteiger partial charge in [0.25, 0.3) is 0 Å². The van der Waals surface area contributed by atoms with Crippen molar-refractivity contribution in [3.05, 3.63) is 54.6 Å². The third-order valence-corrected chi connectivity index (χ3v) is 9.28. The molecule has 1 aliphatic heterocycles. The van der Waals surface area contributed by atoms with Crippen LogP contribution >= 0.6 is 0 Å². The molecule has 1 aliphatic carbocycles. The van der Waals surface area contributed by atoms with E-state index in [2.05, 4.69) is 33.5 Å². The average Bonchev–Trinajstić information content (AvgIpc) is 3.35. The molecule has 2 aromatic heterocycles. The van der Waals surface area contributed by atoms with E-state index < -0.39 is 10.0 Å². The van der Waals surface area contributed by atoms with Gasteiger partial charge in [-0.2, -0.15) is 0 Å². The van der Waals surface area contributed by atoms with E-state index in [0.717, 1.165) is 71.8 Å². The number of rotatable bonds is 5. The number of aryl methyl sites for hydroxylation is 1. The normalized spacial score (nSPS) is 18.9. The predicted octanol–water partition coefficient (Wildman–Crippen LogP) is 4.75. The summed E-state index contributed by atoms with van der Waals surface area (Å²) in [4.78, 5) is 8.65. The SMILES string of the molecule is Cc1cc(-c2cc(NC3CCN(S(=O)(=O)C4CCCC4)CC3)c3cnccc3c2)ccn1. The molecule has 1 N–H and O–H groups in total. The van der Waals surface area contributed by atoms with Crippen LogP contribution in [0, 0.1) is 6.92 Å². The largest absolute Gasteiger partial charge is 0.382 e. The van der Waals surface area contributed by atoms with Crippen molar-refractivity contribution in [2.45, 2.75) is 56.7 Å². The second-order valence-electron chi connectivity index (χ2n) is 9.08. The topological polar surface area (TPSA) is 75.2 Å². The van der Waals surface area contributed by atoms with Gasteiger partial charge in [0.2, 0.25) is 10.0 Å². The molecule has 5 rings (SSSR count). The number of fused-ring (bicyclic) bond motifs is 1. The fourth-order valence-electron chi connectivity index (χ4n) is 5.08. The number of nitrogens with one attached hydrogen (secondary N) is 1. The quantitative estimate of drug-likeness (QED) is 0.607. The van der Waals surface area contributed by atoms with E-state index in [1.165, 1.54) is 0 Å². The molecular weight excluding hydrogens is 420 g/mol. The third-order valence-electron chi connectivity index (χ3n) is 6.88. The minimum absolute atomic E-state index is 0.164. The van der Waals surface area contributed by atoms with Crippen LogP contribution in [0.5, 0.6) is 0 Å². The summed E-state index contributed by atoms with van der Waals surface area (Å²) in [5, 5.41) is 5.77. The minimum Gasteiger partial charge on any atom is -0.382 e. The number of pyridine rings is 2. The van der Waals surface area contributed by atoms with E-state index >= 15 is 0 Å². The van der Waals surface area contributed by atoms with E-state index in [0.29, 0.717) is 13.1 Å². The second-order valence-corrected chi connectivity index (χ2v) is 11.3. The highest BCUT2D eigenvalue weighted by atomic mass is 32.2. The molecule has 6 nitrogen and oxygen atoms in total. The van der Waals surface area contributed by atoms with Gasteiger partial charge in [0.15, 0.2) is 0 Å². The lowest BCUT2D eigenvalue weighted by Crippen LogP contribution is -2.45. The number of aromatic nitrogens is 2. The highest BCUT2D eigenvalue weighted by molar-refractivity contribution is 7.89. The molecule has 3 aromatic rings. The molecule has 1 saturated carbocycles. The number of benzene rings is 1. The minimum atomic E-state index is -3.15. The van der Waals surface area contributed by atoms with Gasteiger partial charge in [-0.3, -0.25) is 9.97 Å². The molecule has 0 amide bonds. The molecule has 168 valence electrons. The Labute approximate surface area is 190 Å². The maximum atomic E-state index is 12.9. The van der Waals surface area contributed by atoms with Gasteiger partial charge in [0.1, 0.15) is 0 Å². The smallest absolute Gasteiger partial charge is 0.216 e. The number of sulfonamides is 1. The number of anilines is 1. The molecular formula is C25H30N4O2S. The van der Waals surface area contributed by atoms with E-state index in [1.54, 1.807) is 4.31 Å². The molecule has 1 saturated heterocycles. The lowest BCUT2D eigenvalue weighted by Gasteiger charge is -2.34. The Morgan fingerprint density at radius 1 is 0.969 bits per heavy atom. The Morgan fingerprint density at radius 3 is 2.50 bits per heavy atom. The monoisotopic (exact) mass is 450 g/mol. The Kier molecular flexibility index (Phi) is 5.86. The molecule has 0 spiro atoms. The maximum Gasteiger partial charge on any atom is 0.216 e. The van der Waals surface area contributed by atoms with Crippen LogP contribution in [0.15, 0.2) is 48.9 Å². The predicted molar refractivity (Wildman–Crippen MR) is 129 cm³/mol. The first kappa shape index (κ1) is 21.3. The zero-order valence-electron chi connectivity index (χ0n) is 18.5. The summed E-state index contributed by atoms with van der Waals surface area (Å²) in [6.07, 6.45) is 10.9. The first-order valence-corrected chi connectivity index (χ1v) is 13.1. The first-order valence-electron chi connectivity index (χ1n) is 11.6. The van der Waals surface area contributed by atoms with Gasteiger partial charge in [-0.15, -0.1) is 0 Å². The van der Waals surface area contributed by atoms with Crippen LogP contribution in [0.3, 0.4) is 0 Å².